The van der Waals surface area contributed by atoms with E-state index >= 15 is 0 Å². The molecule has 4 heterocycles. The van der Waals surface area contributed by atoms with Crippen LogP contribution in [0.2, 0.25) is 0 Å². The summed E-state index contributed by atoms with van der Waals surface area (Å²) in [5.74, 6) is -1.75. The second-order valence-electron chi connectivity index (χ2n) is 6.61. The number of nitrogens with zero attached hydrogens (tertiary/aromatic N) is 8. The van der Waals surface area contributed by atoms with E-state index in [2.05, 4.69) is 30.6 Å². The summed E-state index contributed by atoms with van der Waals surface area (Å²) >= 11 is 0. The van der Waals surface area contributed by atoms with E-state index in [1.165, 1.54) is 30.6 Å². The highest BCUT2D eigenvalue weighted by Gasteiger charge is 2.41. The molecule has 3 N–H and O–H groups in total. The highest BCUT2D eigenvalue weighted by atomic mass is 19.4. The van der Waals surface area contributed by atoms with Gasteiger partial charge in [-0.05, 0) is 18.2 Å². The Morgan fingerprint density at radius 1 is 1.09 bits per heavy atom. The highest BCUT2D eigenvalue weighted by molar-refractivity contribution is 6.05. The van der Waals surface area contributed by atoms with Crippen molar-refractivity contribution in [2.75, 3.05) is 10.6 Å². The van der Waals surface area contributed by atoms with Gasteiger partial charge >= 0.3 is 12.3 Å². The number of nitrogens with one attached hydrogen (secondary N) is 2. The van der Waals surface area contributed by atoms with Crippen LogP contribution in [0.5, 0.6) is 0 Å². The molecule has 0 atom stereocenters. The monoisotopic (exact) mass is 484 g/mol. The van der Waals surface area contributed by atoms with Crippen LogP contribution in [0.25, 0.3) is 11.6 Å². The lowest BCUT2D eigenvalue weighted by molar-refractivity contribution is -0.143. The molecule has 4 rings (SSSR count). The number of pyridine rings is 2. The van der Waals surface area contributed by atoms with Gasteiger partial charge in [-0.15, -0.1) is 4.80 Å². The fraction of sp³-hybridized carbons (Fsp3) is 0.0526. The van der Waals surface area contributed by atoms with Crippen molar-refractivity contribution in [2.45, 2.75) is 6.18 Å². The number of hydrogen-bond acceptors (Lipinski definition) is 8. The maximum atomic E-state index is 13.9. The van der Waals surface area contributed by atoms with Crippen LogP contribution in [0.4, 0.5) is 29.5 Å². The second kappa shape index (κ2) is 8.90. The maximum absolute atomic E-state index is 13.9. The second-order valence-corrected chi connectivity index (χ2v) is 6.61. The van der Waals surface area contributed by atoms with E-state index in [4.69, 9.17) is 5.11 Å². The molecule has 35 heavy (non-hydrogen) atoms. The molecule has 0 aliphatic rings. The Labute approximate surface area is 192 Å². The Balaban J connectivity index is 1.68. The Hall–Kier alpha value is -5.33. The molecule has 0 radical (unpaired) electrons. The minimum atomic E-state index is -5.03. The minimum Gasteiger partial charge on any atom is -0.465 e. The van der Waals surface area contributed by atoms with E-state index in [-0.39, 0.29) is 28.7 Å². The van der Waals surface area contributed by atoms with Gasteiger partial charge in [0, 0.05) is 0 Å². The van der Waals surface area contributed by atoms with Crippen molar-refractivity contribution in [1.29, 1.82) is 5.26 Å². The lowest BCUT2D eigenvalue weighted by atomic mass is 10.2. The van der Waals surface area contributed by atoms with Crippen molar-refractivity contribution in [3.8, 4) is 17.7 Å². The smallest absolute Gasteiger partial charge is 0.434 e. The summed E-state index contributed by atoms with van der Waals surface area (Å²) in [5.41, 5.74) is -2.39. The van der Waals surface area contributed by atoms with Crippen molar-refractivity contribution in [3.05, 3.63) is 65.9 Å². The van der Waals surface area contributed by atoms with E-state index in [1.807, 2.05) is 11.4 Å². The first kappa shape index (κ1) is 22.8. The largest absolute Gasteiger partial charge is 0.465 e. The zero-order valence-electron chi connectivity index (χ0n) is 17.1. The number of anilines is 2. The number of halogens is 3. The average molecular weight is 484 g/mol. The third-order valence-corrected chi connectivity index (χ3v) is 4.32. The number of amides is 2. The molecule has 0 aliphatic heterocycles. The molecule has 0 fully saturated rings. The number of rotatable bonds is 5. The van der Waals surface area contributed by atoms with Crippen LogP contribution in [0.3, 0.4) is 0 Å². The van der Waals surface area contributed by atoms with Gasteiger partial charge in [0.25, 0.3) is 5.91 Å². The summed E-state index contributed by atoms with van der Waals surface area (Å²) in [4.78, 5) is 32.4. The van der Waals surface area contributed by atoms with E-state index in [0.717, 1.165) is 17.1 Å². The first-order valence-electron chi connectivity index (χ1n) is 9.38. The lowest BCUT2D eigenvalue weighted by Gasteiger charge is -2.13. The van der Waals surface area contributed by atoms with Crippen molar-refractivity contribution < 1.29 is 27.9 Å². The van der Waals surface area contributed by atoms with Gasteiger partial charge in [-0.2, -0.15) is 33.7 Å². The van der Waals surface area contributed by atoms with Crippen LogP contribution < -0.4 is 10.6 Å². The van der Waals surface area contributed by atoms with E-state index in [0.29, 0.717) is 10.9 Å². The highest BCUT2D eigenvalue weighted by Crippen LogP contribution is 2.34. The summed E-state index contributed by atoms with van der Waals surface area (Å²) in [6, 6.07) is 6.69. The van der Waals surface area contributed by atoms with Gasteiger partial charge in [0.1, 0.15) is 17.5 Å². The number of carboxylic acid groups (broad SMARTS) is 1. The van der Waals surface area contributed by atoms with Crippen LogP contribution in [-0.4, -0.2) is 51.8 Å². The molecule has 0 aromatic carbocycles. The standard InChI is InChI=1S/C19H11F3N10O3/c20-19(21,22)15-12(9-27-31(15)14-3-1-2-13(29-14)30-18(34)35)17(33)28-11-6-10(7-23)16(24-8-11)32-25-4-5-26-32/h1-6,8-9H,(H,28,33)(H,29,30)(H,34,35). The molecule has 4 aromatic heterocycles. The Morgan fingerprint density at radius 2 is 1.83 bits per heavy atom. The summed E-state index contributed by atoms with van der Waals surface area (Å²) in [6.07, 6.45) is -1.97. The maximum Gasteiger partial charge on any atom is 0.434 e. The molecule has 0 spiro atoms. The molecule has 176 valence electrons. The van der Waals surface area contributed by atoms with E-state index < -0.39 is 29.4 Å². The predicted octanol–water partition coefficient (Wildman–Crippen LogP) is 2.48. The van der Waals surface area contributed by atoms with Crippen molar-refractivity contribution in [1.82, 2.24) is 34.7 Å². The van der Waals surface area contributed by atoms with E-state index in [9.17, 15) is 28.0 Å². The fourth-order valence-electron chi connectivity index (χ4n) is 2.97. The van der Waals surface area contributed by atoms with Crippen LogP contribution in [0.1, 0.15) is 21.6 Å². The average Bonchev–Trinajstić information content (AvgIpc) is 3.49. The predicted molar refractivity (Wildman–Crippen MR) is 110 cm³/mol. The topological polar surface area (TPSA) is 177 Å². The third kappa shape index (κ3) is 4.73. The van der Waals surface area contributed by atoms with Gasteiger partial charge in [0.05, 0.1) is 36.0 Å². The van der Waals surface area contributed by atoms with Crippen molar-refractivity contribution >= 4 is 23.5 Å². The SMILES string of the molecule is N#Cc1cc(NC(=O)c2cnn(-c3cccc(NC(=O)O)n3)c2C(F)(F)F)cnc1-n1nccn1. The molecule has 0 unspecified atom stereocenters. The van der Waals surface area contributed by atoms with E-state index in [1.54, 1.807) is 0 Å². The van der Waals surface area contributed by atoms with Crippen molar-refractivity contribution in [3.63, 3.8) is 0 Å². The van der Waals surface area contributed by atoms with Crippen LogP contribution in [0, 0.1) is 11.3 Å². The summed E-state index contributed by atoms with van der Waals surface area (Å²) in [5, 5.41) is 33.7. The fourth-order valence-corrected chi connectivity index (χ4v) is 2.97. The zero-order valence-corrected chi connectivity index (χ0v) is 17.1. The van der Waals surface area contributed by atoms with Crippen LogP contribution in [-0.2, 0) is 6.18 Å². The third-order valence-electron chi connectivity index (χ3n) is 4.32. The lowest BCUT2D eigenvalue weighted by Crippen LogP contribution is -2.21. The number of hydrogen-bond donors (Lipinski definition) is 3. The molecule has 13 nitrogen and oxygen atoms in total. The molecular formula is C19H11F3N10O3. The molecule has 4 aromatic rings. The van der Waals surface area contributed by atoms with Crippen molar-refractivity contribution in [2.24, 2.45) is 0 Å². The molecule has 0 saturated heterocycles. The van der Waals surface area contributed by atoms with Crippen LogP contribution >= 0.6 is 0 Å². The molecule has 0 saturated carbocycles. The molecular weight excluding hydrogens is 473 g/mol. The number of nitriles is 1. The number of aromatic nitrogens is 7. The summed E-state index contributed by atoms with van der Waals surface area (Å²) in [6.45, 7) is 0. The van der Waals surface area contributed by atoms with Gasteiger partial charge in [0.15, 0.2) is 17.3 Å². The van der Waals surface area contributed by atoms with Gasteiger partial charge in [0.2, 0.25) is 0 Å². The first-order chi connectivity index (χ1) is 16.7. The number of carbonyl (C=O) groups excluding carboxylic acids is 1. The normalized spacial score (nSPS) is 11.0. The number of carbonyl (C=O) groups is 2. The Kier molecular flexibility index (Phi) is 5.81. The van der Waals surface area contributed by atoms with Gasteiger partial charge in [-0.3, -0.25) is 10.1 Å². The summed E-state index contributed by atoms with van der Waals surface area (Å²) < 4.78 is 42.1. The molecule has 2 amide bonds. The molecule has 0 aliphatic carbocycles. The molecule has 16 heteroatoms. The quantitative estimate of drug-likeness (QED) is 0.384. The minimum absolute atomic E-state index is 0.0438. The van der Waals surface area contributed by atoms with Crippen LogP contribution in [0.15, 0.2) is 49.1 Å². The summed E-state index contributed by atoms with van der Waals surface area (Å²) in [7, 11) is 0. The van der Waals surface area contributed by atoms with Gasteiger partial charge < -0.3 is 10.4 Å². The molecule has 0 bridgehead atoms. The zero-order chi connectivity index (χ0) is 25.2. The van der Waals surface area contributed by atoms with Gasteiger partial charge in [-0.25, -0.2) is 19.4 Å². The Morgan fingerprint density at radius 3 is 2.49 bits per heavy atom. The first-order valence-corrected chi connectivity index (χ1v) is 9.38. The number of alkyl halides is 3. The van der Waals surface area contributed by atoms with Gasteiger partial charge in [-0.1, -0.05) is 6.07 Å². The Bertz CT molecular complexity index is 1460.